The normalized spacial score (nSPS) is 19.3. The van der Waals surface area contributed by atoms with Crippen molar-refractivity contribution in [3.63, 3.8) is 0 Å². The van der Waals surface area contributed by atoms with Gasteiger partial charge in [-0.2, -0.15) is 0 Å². The Morgan fingerprint density at radius 1 is 0.904 bits per heavy atom. The summed E-state index contributed by atoms with van der Waals surface area (Å²) in [6.45, 7) is 1.70. The maximum Gasteiger partial charge on any atom is 0.323 e. The first-order chi connectivity index (χ1) is 25.3. The summed E-state index contributed by atoms with van der Waals surface area (Å²) in [4.78, 5) is 42.8. The van der Waals surface area contributed by atoms with Crippen LogP contribution in [0.4, 0.5) is 11.4 Å². The van der Waals surface area contributed by atoms with Crippen molar-refractivity contribution in [1.29, 1.82) is 0 Å². The van der Waals surface area contributed by atoms with Crippen LogP contribution in [-0.4, -0.2) is 43.4 Å². The molecular weight excluding hydrogens is 707 g/mol. The van der Waals surface area contributed by atoms with Crippen LogP contribution in [0, 0.1) is 0 Å². The van der Waals surface area contributed by atoms with Crippen LogP contribution in [0.3, 0.4) is 0 Å². The summed E-state index contributed by atoms with van der Waals surface area (Å²) in [5.41, 5.74) is 8.67. The molecule has 2 aliphatic heterocycles. The van der Waals surface area contributed by atoms with E-state index in [1.54, 1.807) is 0 Å². The highest BCUT2D eigenvalue weighted by atomic mass is 32.2. The van der Waals surface area contributed by atoms with Crippen molar-refractivity contribution in [1.82, 2.24) is 9.47 Å². The molecular formula is C42H35N3O4S3. The molecule has 3 heterocycles. The number of carboxylic acid groups (broad SMARTS) is 1. The molecule has 260 valence electrons. The summed E-state index contributed by atoms with van der Waals surface area (Å²) in [7, 11) is 0. The highest BCUT2D eigenvalue weighted by Crippen LogP contribution is 2.52. The number of hydrogen-bond acceptors (Lipinski definition) is 7. The molecule has 1 amide bonds. The summed E-state index contributed by atoms with van der Waals surface area (Å²) in [6, 6.07) is 36.5. The molecule has 1 aromatic heterocycles. The number of thiocarbonyl (C=S) groups is 1. The fourth-order valence-corrected chi connectivity index (χ4v) is 10.3. The van der Waals surface area contributed by atoms with E-state index in [9.17, 15) is 19.5 Å². The number of thioether (sulfide) groups is 1. The van der Waals surface area contributed by atoms with Crippen molar-refractivity contribution in [2.24, 2.45) is 0 Å². The van der Waals surface area contributed by atoms with Crippen molar-refractivity contribution in [3.8, 4) is 0 Å². The molecule has 10 heteroatoms. The molecule has 1 saturated carbocycles. The molecule has 1 N–H and O–H groups in total. The predicted molar refractivity (Wildman–Crippen MR) is 215 cm³/mol. The van der Waals surface area contributed by atoms with E-state index in [-0.39, 0.29) is 5.91 Å². The van der Waals surface area contributed by atoms with Gasteiger partial charge in [-0.25, -0.2) is 0 Å². The second-order valence-corrected chi connectivity index (χ2v) is 15.8. The van der Waals surface area contributed by atoms with Gasteiger partial charge in [0.25, 0.3) is 11.5 Å². The molecule has 1 saturated heterocycles. The lowest BCUT2D eigenvalue weighted by atomic mass is 9.95. The minimum atomic E-state index is -1.15. The van der Waals surface area contributed by atoms with Gasteiger partial charge in [-0.15, -0.1) is 11.3 Å². The zero-order valence-corrected chi connectivity index (χ0v) is 30.8. The number of carbonyl (C=O) groups excluding carboxylic acids is 1. The number of aliphatic carboxylic acids is 1. The number of thiazole rings is 1. The Balaban J connectivity index is 1.15. The molecule has 0 spiro atoms. The average molecular weight is 742 g/mol. The highest BCUT2D eigenvalue weighted by molar-refractivity contribution is 8.30. The van der Waals surface area contributed by atoms with E-state index >= 15 is 0 Å². The third-order valence-electron chi connectivity index (χ3n) is 10.0. The van der Waals surface area contributed by atoms with Gasteiger partial charge >= 0.3 is 5.97 Å². The smallest absolute Gasteiger partial charge is 0.323 e. The summed E-state index contributed by atoms with van der Waals surface area (Å²) >= 11 is 7.65. The maximum absolute atomic E-state index is 13.6. The average Bonchev–Trinajstić information content (AvgIpc) is 3.90. The van der Waals surface area contributed by atoms with Crippen molar-refractivity contribution < 1.29 is 14.7 Å². The quantitative estimate of drug-likeness (QED) is 0.133. The number of amides is 1. The number of fused-ring (bicyclic) bond motifs is 3. The molecule has 7 nitrogen and oxygen atoms in total. The van der Waals surface area contributed by atoms with Crippen LogP contribution >= 0.6 is 35.3 Å². The molecule has 2 fully saturated rings. The van der Waals surface area contributed by atoms with Gasteiger partial charge in [0.15, 0.2) is 0 Å². The second kappa shape index (κ2) is 14.2. The summed E-state index contributed by atoms with van der Waals surface area (Å²) in [6.07, 6.45) is 7.41. The van der Waals surface area contributed by atoms with E-state index in [1.165, 1.54) is 37.4 Å². The van der Waals surface area contributed by atoms with E-state index in [1.807, 2.05) is 31.2 Å². The minimum Gasteiger partial charge on any atom is -0.480 e. The van der Waals surface area contributed by atoms with Gasteiger partial charge in [0.05, 0.1) is 4.53 Å². The van der Waals surface area contributed by atoms with Crippen LogP contribution in [0.15, 0.2) is 108 Å². The van der Waals surface area contributed by atoms with Crippen LogP contribution in [0.25, 0.3) is 22.6 Å². The molecule has 4 aromatic carbocycles. The van der Waals surface area contributed by atoms with Crippen molar-refractivity contribution in [2.75, 3.05) is 11.4 Å². The molecule has 5 aromatic rings. The van der Waals surface area contributed by atoms with E-state index in [0.29, 0.717) is 36.9 Å². The Morgan fingerprint density at radius 2 is 1.58 bits per heavy atom. The van der Waals surface area contributed by atoms with Gasteiger partial charge in [-0.05, 0) is 89.6 Å². The molecule has 3 aliphatic rings. The Morgan fingerprint density at radius 3 is 2.21 bits per heavy atom. The predicted octanol–water partition coefficient (Wildman–Crippen LogP) is 7.19. The van der Waals surface area contributed by atoms with Crippen LogP contribution < -0.4 is 19.7 Å². The van der Waals surface area contributed by atoms with E-state index in [0.717, 1.165) is 59.2 Å². The number of rotatable bonds is 8. The number of aromatic nitrogens is 1. The molecule has 8 rings (SSSR count). The van der Waals surface area contributed by atoms with Gasteiger partial charge < -0.3 is 10.0 Å². The topological polar surface area (TPSA) is 82.9 Å². The van der Waals surface area contributed by atoms with Crippen LogP contribution in [-0.2, 0) is 16.1 Å². The first-order valence-electron chi connectivity index (χ1n) is 17.4. The zero-order chi connectivity index (χ0) is 35.9. The van der Waals surface area contributed by atoms with Crippen LogP contribution in [0.1, 0.15) is 59.9 Å². The lowest BCUT2D eigenvalue weighted by molar-refractivity contribution is -0.137. The fraction of sp³-hybridized carbons (Fsp3) is 0.190. The molecule has 52 heavy (non-hydrogen) atoms. The molecule has 0 radical (unpaired) electrons. The summed E-state index contributed by atoms with van der Waals surface area (Å²) in [5.74, 6) is -1.08. The summed E-state index contributed by atoms with van der Waals surface area (Å²) in [5, 5.41) is 9.62. The van der Waals surface area contributed by atoms with E-state index in [4.69, 9.17) is 12.2 Å². The van der Waals surface area contributed by atoms with Crippen molar-refractivity contribution >= 4 is 85.5 Å². The van der Waals surface area contributed by atoms with Gasteiger partial charge in [0.1, 0.15) is 20.4 Å². The van der Waals surface area contributed by atoms with Gasteiger partial charge in [0.2, 0.25) is 0 Å². The van der Waals surface area contributed by atoms with E-state index < -0.39 is 18.1 Å². The maximum atomic E-state index is 13.6. The monoisotopic (exact) mass is 741 g/mol. The molecule has 2 atom stereocenters. The van der Waals surface area contributed by atoms with Crippen LogP contribution in [0.2, 0.25) is 0 Å². The van der Waals surface area contributed by atoms with Gasteiger partial charge in [-0.1, -0.05) is 109 Å². The molecule has 0 unspecified atom stereocenters. The van der Waals surface area contributed by atoms with Crippen molar-refractivity contribution in [2.45, 2.75) is 44.7 Å². The third kappa shape index (κ3) is 6.25. The first kappa shape index (κ1) is 34.1. The summed E-state index contributed by atoms with van der Waals surface area (Å²) < 4.78 is 2.29. The van der Waals surface area contributed by atoms with Crippen LogP contribution in [0.5, 0.6) is 0 Å². The SMILES string of the molecule is CCN1C(=O)/C(=c2\s/c(=C\c3ccc4c(c3)[C@H]3CCC[C@@H]3N4c3ccc(C=C(c4ccccc4)c4ccccc4)cc3)c(=O)n2CC(=O)O)SC1=S. The Kier molecular flexibility index (Phi) is 9.29. The number of anilines is 2. The minimum absolute atomic E-state index is 0.297. The fourth-order valence-electron chi connectivity index (χ4n) is 7.69. The second-order valence-electron chi connectivity index (χ2n) is 13.1. The number of carbonyl (C=O) groups is 2. The first-order valence-corrected chi connectivity index (χ1v) is 19.4. The number of hydrogen-bond donors (Lipinski definition) is 1. The number of benzene rings is 4. The van der Waals surface area contributed by atoms with Gasteiger partial charge in [0, 0.05) is 29.9 Å². The standard InChI is InChI=1S/C42H35N3O4S3/c1-2-43-40(49)38(52-42(43)50)41-44(25-37(46)47)39(48)36(51-41)24-27-18-21-35-33(23-27)31-14-9-15-34(31)45(35)30-19-16-26(17-20-30)22-32(28-10-5-3-6-11-28)29-12-7-4-8-13-29/h3-8,10-13,16-24,31,34H,2,9,14-15,25H2,1H3,(H,46,47)/b36-24-,41-38+/t31-,34+/m1/s1. The molecule has 0 bridgehead atoms. The Bertz CT molecular complexity index is 2390. The zero-order valence-electron chi connectivity index (χ0n) is 28.4. The van der Waals surface area contributed by atoms with E-state index in [2.05, 4.69) is 95.9 Å². The lowest BCUT2D eigenvalue weighted by Crippen LogP contribution is -2.35. The highest BCUT2D eigenvalue weighted by Gasteiger charge is 2.42. The number of carboxylic acids is 1. The number of nitrogens with zero attached hydrogens (tertiary/aromatic N) is 3. The Hall–Kier alpha value is -5.03. The molecule has 1 aliphatic carbocycles. The van der Waals surface area contributed by atoms with Gasteiger partial charge in [-0.3, -0.25) is 23.9 Å². The lowest BCUT2D eigenvalue weighted by Gasteiger charge is -2.27. The Labute approximate surface area is 314 Å². The largest absolute Gasteiger partial charge is 0.480 e. The van der Waals surface area contributed by atoms with Crippen molar-refractivity contribution in [3.05, 3.63) is 150 Å². The third-order valence-corrected chi connectivity index (χ3v) is 12.7.